The van der Waals surface area contributed by atoms with Crippen molar-refractivity contribution in [2.75, 3.05) is 13.1 Å². The second kappa shape index (κ2) is 5.02. The molecule has 0 bridgehead atoms. The van der Waals surface area contributed by atoms with E-state index in [9.17, 15) is 0 Å². The van der Waals surface area contributed by atoms with E-state index < -0.39 is 0 Å². The van der Waals surface area contributed by atoms with Gasteiger partial charge in [0.05, 0.1) is 5.69 Å². The number of rotatable bonds is 5. The molecule has 0 spiro atoms. The minimum atomic E-state index is 1.06. The van der Waals surface area contributed by atoms with Crippen LogP contribution in [0.3, 0.4) is 0 Å². The van der Waals surface area contributed by atoms with E-state index in [0.717, 1.165) is 25.2 Å². The molecule has 0 amide bonds. The van der Waals surface area contributed by atoms with Gasteiger partial charge in [-0.15, -0.1) is 0 Å². The number of aromatic nitrogens is 2. The summed E-state index contributed by atoms with van der Waals surface area (Å²) in [6, 6.07) is 2.16. The van der Waals surface area contributed by atoms with Gasteiger partial charge in [0.15, 0.2) is 0 Å². The molecule has 1 rings (SSSR count). The SMILES string of the molecule is CCNCCCc1cc(C)nn1C. The molecule has 74 valence electrons. The molecule has 0 aliphatic rings. The number of hydrogen-bond acceptors (Lipinski definition) is 2. The summed E-state index contributed by atoms with van der Waals surface area (Å²) in [7, 11) is 2.01. The van der Waals surface area contributed by atoms with Gasteiger partial charge in [0.25, 0.3) is 0 Å². The van der Waals surface area contributed by atoms with E-state index in [1.165, 1.54) is 12.1 Å². The smallest absolute Gasteiger partial charge is 0.0596 e. The first-order valence-corrected chi connectivity index (χ1v) is 4.94. The first-order chi connectivity index (χ1) is 6.24. The fourth-order valence-corrected chi connectivity index (χ4v) is 1.47. The molecule has 0 radical (unpaired) electrons. The summed E-state index contributed by atoms with van der Waals surface area (Å²) in [6.45, 7) is 6.33. The Labute approximate surface area is 80.1 Å². The van der Waals surface area contributed by atoms with Crippen LogP contribution in [0.5, 0.6) is 0 Å². The summed E-state index contributed by atoms with van der Waals surface area (Å²) in [6.07, 6.45) is 2.30. The lowest BCUT2D eigenvalue weighted by Gasteiger charge is -2.01. The van der Waals surface area contributed by atoms with Gasteiger partial charge in [0.1, 0.15) is 0 Å². The zero-order chi connectivity index (χ0) is 9.68. The van der Waals surface area contributed by atoms with Crippen LogP contribution in [0.15, 0.2) is 6.07 Å². The van der Waals surface area contributed by atoms with Crippen molar-refractivity contribution < 1.29 is 0 Å². The van der Waals surface area contributed by atoms with Crippen LogP contribution in [-0.2, 0) is 13.5 Å². The Kier molecular flexibility index (Phi) is 3.96. The quantitative estimate of drug-likeness (QED) is 0.693. The van der Waals surface area contributed by atoms with Crippen LogP contribution in [0.2, 0.25) is 0 Å². The van der Waals surface area contributed by atoms with E-state index in [1.54, 1.807) is 0 Å². The van der Waals surface area contributed by atoms with Crippen molar-refractivity contribution in [1.82, 2.24) is 15.1 Å². The lowest BCUT2D eigenvalue weighted by atomic mass is 10.2. The predicted octanol–water partition coefficient (Wildman–Crippen LogP) is 1.27. The molecule has 0 saturated carbocycles. The highest BCUT2D eigenvalue weighted by molar-refractivity contribution is 5.08. The number of nitrogens with one attached hydrogen (secondary N) is 1. The fraction of sp³-hybridized carbons (Fsp3) is 0.700. The topological polar surface area (TPSA) is 29.9 Å². The summed E-state index contributed by atoms with van der Waals surface area (Å²) in [5, 5.41) is 7.62. The summed E-state index contributed by atoms with van der Waals surface area (Å²) in [5.74, 6) is 0. The van der Waals surface area contributed by atoms with Gasteiger partial charge in [-0.3, -0.25) is 4.68 Å². The average molecular weight is 181 g/mol. The summed E-state index contributed by atoms with van der Waals surface area (Å²) in [4.78, 5) is 0. The van der Waals surface area contributed by atoms with Gasteiger partial charge in [0, 0.05) is 12.7 Å². The minimum absolute atomic E-state index is 1.06. The molecule has 1 aromatic rings. The molecular weight excluding hydrogens is 162 g/mol. The number of hydrogen-bond donors (Lipinski definition) is 1. The predicted molar refractivity (Wildman–Crippen MR) is 54.8 cm³/mol. The van der Waals surface area contributed by atoms with Gasteiger partial charge in [-0.05, 0) is 38.9 Å². The van der Waals surface area contributed by atoms with E-state index >= 15 is 0 Å². The third kappa shape index (κ3) is 3.19. The van der Waals surface area contributed by atoms with Crippen molar-refractivity contribution in [2.45, 2.75) is 26.7 Å². The van der Waals surface area contributed by atoms with Gasteiger partial charge in [-0.2, -0.15) is 5.10 Å². The second-order valence-corrected chi connectivity index (χ2v) is 3.36. The molecule has 1 N–H and O–H groups in total. The molecule has 1 heterocycles. The van der Waals surface area contributed by atoms with Crippen molar-refractivity contribution in [2.24, 2.45) is 7.05 Å². The summed E-state index contributed by atoms with van der Waals surface area (Å²) >= 11 is 0. The van der Waals surface area contributed by atoms with Gasteiger partial charge in [-0.1, -0.05) is 6.92 Å². The molecule has 13 heavy (non-hydrogen) atoms. The van der Waals surface area contributed by atoms with E-state index in [1.807, 2.05) is 18.7 Å². The molecule has 1 aromatic heterocycles. The Hall–Kier alpha value is -0.830. The Morgan fingerprint density at radius 3 is 2.85 bits per heavy atom. The van der Waals surface area contributed by atoms with Crippen LogP contribution in [0.25, 0.3) is 0 Å². The van der Waals surface area contributed by atoms with Crippen molar-refractivity contribution in [3.05, 3.63) is 17.5 Å². The Morgan fingerprint density at radius 1 is 1.54 bits per heavy atom. The van der Waals surface area contributed by atoms with Crippen LogP contribution in [-0.4, -0.2) is 22.9 Å². The fourth-order valence-electron chi connectivity index (χ4n) is 1.47. The van der Waals surface area contributed by atoms with Crippen LogP contribution in [0, 0.1) is 6.92 Å². The second-order valence-electron chi connectivity index (χ2n) is 3.36. The molecule has 0 aliphatic carbocycles. The first-order valence-electron chi connectivity index (χ1n) is 4.94. The van der Waals surface area contributed by atoms with Crippen LogP contribution in [0.1, 0.15) is 24.7 Å². The van der Waals surface area contributed by atoms with E-state index in [4.69, 9.17) is 0 Å². The van der Waals surface area contributed by atoms with Crippen molar-refractivity contribution >= 4 is 0 Å². The first kappa shape index (κ1) is 10.3. The van der Waals surface area contributed by atoms with Gasteiger partial charge in [0.2, 0.25) is 0 Å². The highest BCUT2D eigenvalue weighted by atomic mass is 15.3. The van der Waals surface area contributed by atoms with Crippen LogP contribution >= 0.6 is 0 Å². The highest BCUT2D eigenvalue weighted by Crippen LogP contribution is 2.03. The Bertz CT molecular complexity index is 253. The molecular formula is C10H19N3. The average Bonchev–Trinajstić information content (AvgIpc) is 2.39. The third-order valence-electron chi connectivity index (χ3n) is 2.14. The maximum absolute atomic E-state index is 4.31. The minimum Gasteiger partial charge on any atom is -0.317 e. The monoisotopic (exact) mass is 181 g/mol. The van der Waals surface area contributed by atoms with Gasteiger partial charge in [-0.25, -0.2) is 0 Å². The number of nitrogens with zero attached hydrogens (tertiary/aromatic N) is 2. The zero-order valence-corrected chi connectivity index (χ0v) is 8.80. The van der Waals surface area contributed by atoms with Crippen LogP contribution < -0.4 is 5.32 Å². The van der Waals surface area contributed by atoms with Gasteiger partial charge >= 0.3 is 0 Å². The molecule has 0 aliphatic heterocycles. The third-order valence-corrected chi connectivity index (χ3v) is 2.14. The van der Waals surface area contributed by atoms with E-state index in [2.05, 4.69) is 23.4 Å². The molecule has 3 nitrogen and oxygen atoms in total. The van der Waals surface area contributed by atoms with Crippen molar-refractivity contribution in [3.8, 4) is 0 Å². The van der Waals surface area contributed by atoms with E-state index in [-0.39, 0.29) is 0 Å². The maximum atomic E-state index is 4.31. The van der Waals surface area contributed by atoms with Crippen molar-refractivity contribution in [3.63, 3.8) is 0 Å². The molecule has 0 atom stereocenters. The summed E-state index contributed by atoms with van der Waals surface area (Å²) in [5.41, 5.74) is 2.44. The molecule has 0 aromatic carbocycles. The maximum Gasteiger partial charge on any atom is 0.0596 e. The zero-order valence-electron chi connectivity index (χ0n) is 8.80. The summed E-state index contributed by atoms with van der Waals surface area (Å²) < 4.78 is 1.97. The molecule has 0 saturated heterocycles. The Balaban J connectivity index is 2.32. The van der Waals surface area contributed by atoms with Gasteiger partial charge < -0.3 is 5.32 Å². The highest BCUT2D eigenvalue weighted by Gasteiger charge is 2.00. The Morgan fingerprint density at radius 2 is 2.31 bits per heavy atom. The number of aryl methyl sites for hydroxylation is 3. The van der Waals surface area contributed by atoms with E-state index in [0.29, 0.717) is 0 Å². The van der Waals surface area contributed by atoms with Crippen LogP contribution in [0.4, 0.5) is 0 Å². The lowest BCUT2D eigenvalue weighted by Crippen LogP contribution is -2.15. The standard InChI is InChI=1S/C10H19N3/c1-4-11-7-5-6-10-8-9(2)12-13(10)3/h8,11H,4-7H2,1-3H3. The van der Waals surface area contributed by atoms with Crippen molar-refractivity contribution in [1.29, 1.82) is 0 Å². The normalized spacial score (nSPS) is 10.7. The largest absolute Gasteiger partial charge is 0.317 e. The molecule has 3 heteroatoms. The lowest BCUT2D eigenvalue weighted by molar-refractivity contribution is 0.636. The molecule has 0 unspecified atom stereocenters. The molecule has 0 fully saturated rings.